The Kier molecular flexibility index (Phi) is 4.82. The van der Waals surface area contributed by atoms with Crippen LogP contribution < -0.4 is 5.43 Å². The van der Waals surface area contributed by atoms with Gasteiger partial charge in [-0.1, -0.05) is 58.0 Å². The third kappa shape index (κ3) is 4.37. The Morgan fingerprint density at radius 3 is 2.00 bits per heavy atom. The lowest BCUT2D eigenvalue weighted by Gasteiger charge is -2.25. The van der Waals surface area contributed by atoms with Crippen LogP contribution >= 0.6 is 58.0 Å². The summed E-state index contributed by atoms with van der Waals surface area (Å²) in [6.45, 7) is 0. The molecule has 0 aromatic heterocycles. The molecule has 0 rings (SSSR count). The maximum absolute atomic E-state index is 10.5. The average molecular weight is 290 g/mol. The van der Waals surface area contributed by atoms with Gasteiger partial charge in [0.2, 0.25) is 0 Å². The first-order valence-corrected chi connectivity index (χ1v) is 4.35. The molecule has 0 aromatic rings. The Bertz CT molecular complexity index is 214. The van der Waals surface area contributed by atoms with Gasteiger partial charge in [-0.05, 0) is 0 Å². The largest absolute Gasteiger partial charge is 0.433 e. The van der Waals surface area contributed by atoms with Crippen molar-refractivity contribution in [3.05, 3.63) is 4.91 Å². The maximum atomic E-state index is 10.5. The number of hydrogen-bond donors (Lipinski definition) is 1. The average Bonchev–Trinajstić information content (AvgIpc) is 1.83. The molecule has 0 bridgehead atoms. The number of ether oxygens (including phenoxy) is 1. The Morgan fingerprint density at radius 1 is 1.23 bits per heavy atom. The molecule has 0 saturated carbocycles. The minimum Gasteiger partial charge on any atom is -0.406 e. The lowest BCUT2D eigenvalue weighted by molar-refractivity contribution is 0.117. The van der Waals surface area contributed by atoms with Crippen molar-refractivity contribution < 1.29 is 9.53 Å². The number of hydrogen-bond acceptors (Lipinski definition) is 4. The summed E-state index contributed by atoms with van der Waals surface area (Å²) >= 11 is 26.2. The van der Waals surface area contributed by atoms with Crippen LogP contribution in [0.2, 0.25) is 0 Å². The number of halogens is 5. The molecule has 0 aliphatic rings. The molecule has 0 radical (unpaired) electrons. The molecule has 1 amide bonds. The van der Waals surface area contributed by atoms with Crippen molar-refractivity contribution in [2.45, 2.75) is 8.31 Å². The highest BCUT2D eigenvalue weighted by atomic mass is 35.6. The first kappa shape index (κ1) is 13.3. The molecule has 0 aliphatic carbocycles. The highest BCUT2D eigenvalue weighted by Crippen LogP contribution is 2.46. The van der Waals surface area contributed by atoms with E-state index in [0.29, 0.717) is 0 Å². The molecule has 0 atom stereocenters. The van der Waals surface area contributed by atoms with Crippen LogP contribution in [-0.4, -0.2) is 14.4 Å². The first-order valence-electron chi connectivity index (χ1n) is 2.46. The van der Waals surface area contributed by atoms with E-state index in [-0.39, 0.29) is 0 Å². The predicted molar refractivity (Wildman–Crippen MR) is 50.1 cm³/mol. The van der Waals surface area contributed by atoms with E-state index < -0.39 is 14.4 Å². The number of amides is 1. The maximum Gasteiger partial charge on any atom is 0.433 e. The monoisotopic (exact) mass is 288 g/mol. The van der Waals surface area contributed by atoms with Crippen LogP contribution in [0.1, 0.15) is 0 Å². The topological polar surface area (TPSA) is 67.8 Å². The van der Waals surface area contributed by atoms with Gasteiger partial charge in [0.05, 0.1) is 5.29 Å². The number of carbonyl (C=O) groups excluding carboxylic acids is 1. The fraction of sp³-hybridized carbons (Fsp3) is 0.667. The zero-order valence-corrected chi connectivity index (χ0v) is 9.34. The Morgan fingerprint density at radius 2 is 1.69 bits per heavy atom. The van der Waals surface area contributed by atoms with E-state index in [1.165, 1.54) is 5.43 Å². The summed E-state index contributed by atoms with van der Waals surface area (Å²) in [4.78, 5) is 20.0. The Labute approximate surface area is 97.5 Å². The summed E-state index contributed by atoms with van der Waals surface area (Å²) in [6, 6.07) is 0. The van der Waals surface area contributed by atoms with E-state index in [1.54, 1.807) is 0 Å². The van der Waals surface area contributed by atoms with Crippen LogP contribution in [0.3, 0.4) is 0 Å². The zero-order valence-electron chi connectivity index (χ0n) is 5.56. The molecule has 0 fully saturated rings. The number of rotatable bonds is 2. The molecule has 0 unspecified atom stereocenters. The quantitative estimate of drug-likeness (QED) is 0.483. The zero-order chi connectivity index (χ0) is 10.7. The van der Waals surface area contributed by atoms with E-state index in [9.17, 15) is 9.70 Å². The van der Waals surface area contributed by atoms with Crippen LogP contribution in [0.15, 0.2) is 5.29 Å². The van der Waals surface area contributed by atoms with E-state index in [4.69, 9.17) is 58.0 Å². The first-order chi connectivity index (χ1) is 5.70. The minimum atomic E-state index is -2.41. The predicted octanol–water partition coefficient (Wildman–Crippen LogP) is 2.90. The fourth-order valence-corrected chi connectivity index (χ4v) is 0.490. The molecule has 13 heavy (non-hydrogen) atoms. The van der Waals surface area contributed by atoms with Gasteiger partial charge in [-0.3, -0.25) is 0 Å². The number of alkyl halides is 5. The van der Waals surface area contributed by atoms with E-state index in [0.717, 1.165) is 0 Å². The van der Waals surface area contributed by atoms with Crippen molar-refractivity contribution in [1.29, 1.82) is 0 Å². The van der Waals surface area contributed by atoms with Crippen molar-refractivity contribution in [3.8, 4) is 0 Å². The second-order valence-electron chi connectivity index (χ2n) is 1.61. The third-order valence-electron chi connectivity index (χ3n) is 0.688. The third-order valence-corrected chi connectivity index (χ3v) is 2.79. The van der Waals surface area contributed by atoms with Crippen molar-refractivity contribution >= 4 is 64.1 Å². The number of nitroso groups, excluding NO2 is 1. The molecule has 5 nitrogen and oxygen atoms in total. The summed E-state index contributed by atoms with van der Waals surface area (Å²) in [5, 5.41) is 1.98. The molecule has 0 saturated heterocycles. The molecular formula is C3HCl5N2O3. The SMILES string of the molecule is O=NNC(=O)OC(Cl)(Cl)C(Cl)(Cl)Cl. The van der Waals surface area contributed by atoms with Gasteiger partial charge in [0.25, 0.3) is 3.79 Å². The molecule has 1 N–H and O–H groups in total. The Hall–Kier alpha value is 0.320. The molecule has 76 valence electrons. The van der Waals surface area contributed by atoms with Gasteiger partial charge in [0, 0.05) is 0 Å². The summed E-state index contributed by atoms with van der Waals surface area (Å²) in [7, 11) is 0. The second-order valence-corrected chi connectivity index (χ2v) is 5.15. The smallest absolute Gasteiger partial charge is 0.406 e. The lowest BCUT2D eigenvalue weighted by Crippen LogP contribution is -2.38. The van der Waals surface area contributed by atoms with Gasteiger partial charge in [-0.15, -0.1) is 4.91 Å². The highest BCUT2D eigenvalue weighted by Gasteiger charge is 2.50. The Balaban J connectivity index is 4.33. The molecule has 0 aromatic carbocycles. The summed E-state index contributed by atoms with van der Waals surface area (Å²) in [5.41, 5.74) is 1.34. The van der Waals surface area contributed by atoms with Crippen LogP contribution in [0.25, 0.3) is 0 Å². The minimum absolute atomic E-state index is 1.34. The normalized spacial score (nSPS) is 12.1. The van der Waals surface area contributed by atoms with E-state index >= 15 is 0 Å². The van der Waals surface area contributed by atoms with Gasteiger partial charge in [-0.2, -0.15) is 5.43 Å². The van der Waals surface area contributed by atoms with Crippen LogP contribution in [0, 0.1) is 4.91 Å². The highest BCUT2D eigenvalue weighted by molar-refractivity contribution is 6.75. The van der Waals surface area contributed by atoms with Gasteiger partial charge >= 0.3 is 10.6 Å². The lowest BCUT2D eigenvalue weighted by atomic mass is 10.8. The van der Waals surface area contributed by atoms with Crippen molar-refractivity contribution in [2.24, 2.45) is 5.29 Å². The van der Waals surface area contributed by atoms with Crippen LogP contribution in [-0.2, 0) is 4.74 Å². The van der Waals surface area contributed by atoms with Crippen molar-refractivity contribution in [3.63, 3.8) is 0 Å². The molecule has 0 heterocycles. The molecule has 0 aliphatic heterocycles. The van der Waals surface area contributed by atoms with Gasteiger partial charge in [0.15, 0.2) is 0 Å². The molecule has 10 heteroatoms. The van der Waals surface area contributed by atoms with Gasteiger partial charge < -0.3 is 4.74 Å². The standard InChI is InChI=1S/C3HCl5N2O3/c4-2(5,6)3(7,8)13-1(11)9-10-12/h(H,9,11,12). The number of carbonyl (C=O) groups is 1. The fourth-order valence-electron chi connectivity index (χ4n) is 0.234. The van der Waals surface area contributed by atoms with Crippen LogP contribution in [0.5, 0.6) is 0 Å². The number of nitrogens with zero attached hydrogens (tertiary/aromatic N) is 1. The molecule has 0 spiro atoms. The van der Waals surface area contributed by atoms with Crippen molar-refractivity contribution in [1.82, 2.24) is 5.43 Å². The second kappa shape index (κ2) is 4.70. The van der Waals surface area contributed by atoms with E-state index in [1.807, 2.05) is 5.29 Å². The summed E-state index contributed by atoms with van der Waals surface area (Å²) < 4.78 is -0.530. The van der Waals surface area contributed by atoms with Gasteiger partial charge in [0.1, 0.15) is 0 Å². The number of nitrogens with one attached hydrogen (secondary N) is 1. The van der Waals surface area contributed by atoms with E-state index in [2.05, 4.69) is 4.74 Å². The summed E-state index contributed by atoms with van der Waals surface area (Å²) in [6.07, 6.45) is -1.34. The van der Waals surface area contributed by atoms with Crippen LogP contribution in [0.4, 0.5) is 4.79 Å². The summed E-state index contributed by atoms with van der Waals surface area (Å²) in [5.74, 6) is 0. The van der Waals surface area contributed by atoms with Crippen molar-refractivity contribution in [2.75, 3.05) is 0 Å². The van der Waals surface area contributed by atoms with Gasteiger partial charge in [-0.25, -0.2) is 4.79 Å². The molecular weight excluding hydrogens is 289 g/mol.